The molecule has 1 atom stereocenters. The normalized spacial score (nSPS) is 12.1. The number of hydrogen-bond acceptors (Lipinski definition) is 3. The summed E-state index contributed by atoms with van der Waals surface area (Å²) in [5.74, 6) is -1.37. The fourth-order valence-electron chi connectivity index (χ4n) is 1.67. The van der Waals surface area contributed by atoms with E-state index in [2.05, 4.69) is 10.6 Å². The fraction of sp³-hybridized carbons (Fsp3) is 0.467. The van der Waals surface area contributed by atoms with E-state index in [9.17, 15) is 14.7 Å². The second-order valence-electron chi connectivity index (χ2n) is 5.22. The lowest BCUT2D eigenvalue weighted by molar-refractivity contribution is -0.136. The molecule has 0 aliphatic carbocycles. The SMILES string of the molecule is Cc1c(Cl)cccc1NC(=O)C(=O)NCCC(O)C(C)C. The van der Waals surface area contributed by atoms with E-state index in [0.717, 1.165) is 0 Å². The summed E-state index contributed by atoms with van der Waals surface area (Å²) in [6.07, 6.45) is -0.0871. The summed E-state index contributed by atoms with van der Waals surface area (Å²) in [6, 6.07) is 5.08. The van der Waals surface area contributed by atoms with Gasteiger partial charge in [-0.1, -0.05) is 31.5 Å². The van der Waals surface area contributed by atoms with Crippen LogP contribution in [0, 0.1) is 12.8 Å². The summed E-state index contributed by atoms with van der Waals surface area (Å²) in [4.78, 5) is 23.4. The standard InChI is InChI=1S/C15H21ClN2O3/c1-9(2)13(19)7-8-17-14(20)15(21)18-12-6-4-5-11(16)10(12)3/h4-6,9,13,19H,7-8H2,1-3H3,(H,17,20)(H,18,21). The molecule has 0 radical (unpaired) electrons. The Hall–Kier alpha value is -1.59. The largest absolute Gasteiger partial charge is 0.393 e. The zero-order valence-electron chi connectivity index (χ0n) is 12.4. The predicted octanol–water partition coefficient (Wildman–Crippen LogP) is 2.11. The number of carbonyl (C=O) groups is 2. The van der Waals surface area contributed by atoms with Crippen molar-refractivity contribution in [1.82, 2.24) is 5.32 Å². The highest BCUT2D eigenvalue weighted by Crippen LogP contribution is 2.22. The average Bonchev–Trinajstić information content (AvgIpc) is 2.43. The van der Waals surface area contributed by atoms with Gasteiger partial charge < -0.3 is 15.7 Å². The number of hydrogen-bond donors (Lipinski definition) is 3. The van der Waals surface area contributed by atoms with Gasteiger partial charge >= 0.3 is 11.8 Å². The molecule has 3 N–H and O–H groups in total. The molecule has 0 aromatic heterocycles. The maximum absolute atomic E-state index is 11.8. The molecule has 5 nitrogen and oxygen atoms in total. The van der Waals surface area contributed by atoms with Crippen molar-refractivity contribution < 1.29 is 14.7 Å². The maximum atomic E-state index is 11.8. The van der Waals surface area contributed by atoms with Crippen LogP contribution in [0.3, 0.4) is 0 Å². The van der Waals surface area contributed by atoms with Gasteiger partial charge in [-0.15, -0.1) is 0 Å². The molecule has 0 aliphatic heterocycles. The zero-order valence-corrected chi connectivity index (χ0v) is 13.2. The van der Waals surface area contributed by atoms with Crippen molar-refractivity contribution in [2.24, 2.45) is 5.92 Å². The van der Waals surface area contributed by atoms with Gasteiger partial charge in [-0.3, -0.25) is 9.59 Å². The lowest BCUT2D eigenvalue weighted by atomic mass is 10.0. The number of aliphatic hydroxyl groups excluding tert-OH is 1. The van der Waals surface area contributed by atoms with E-state index >= 15 is 0 Å². The number of benzene rings is 1. The summed E-state index contributed by atoms with van der Waals surface area (Å²) in [5, 5.41) is 15.1. The van der Waals surface area contributed by atoms with Crippen molar-refractivity contribution in [2.75, 3.05) is 11.9 Å². The molecule has 1 aromatic carbocycles. The first-order valence-electron chi connectivity index (χ1n) is 6.85. The Bertz CT molecular complexity index is 518. The smallest absolute Gasteiger partial charge is 0.313 e. The molecule has 0 saturated carbocycles. The van der Waals surface area contributed by atoms with Crippen molar-refractivity contribution in [3.05, 3.63) is 28.8 Å². The zero-order chi connectivity index (χ0) is 16.0. The summed E-state index contributed by atoms with van der Waals surface area (Å²) < 4.78 is 0. The molecular formula is C15H21ClN2O3. The first-order chi connectivity index (χ1) is 9.82. The number of anilines is 1. The molecule has 0 aliphatic rings. The van der Waals surface area contributed by atoms with Crippen LogP contribution in [0.25, 0.3) is 0 Å². The number of halogens is 1. The lowest BCUT2D eigenvalue weighted by Crippen LogP contribution is -2.37. The monoisotopic (exact) mass is 312 g/mol. The molecular weight excluding hydrogens is 292 g/mol. The van der Waals surface area contributed by atoms with Gasteiger partial charge in [0.05, 0.1) is 6.10 Å². The van der Waals surface area contributed by atoms with Crippen LogP contribution in [0.2, 0.25) is 5.02 Å². The summed E-state index contributed by atoms with van der Waals surface area (Å²) in [5.41, 5.74) is 1.21. The Morgan fingerprint density at radius 1 is 1.29 bits per heavy atom. The van der Waals surface area contributed by atoms with Crippen LogP contribution in [0.1, 0.15) is 25.8 Å². The van der Waals surface area contributed by atoms with Crippen molar-refractivity contribution in [3.8, 4) is 0 Å². The van der Waals surface area contributed by atoms with Crippen molar-refractivity contribution in [3.63, 3.8) is 0 Å². The molecule has 6 heteroatoms. The highest BCUT2D eigenvalue weighted by molar-refractivity contribution is 6.40. The minimum atomic E-state index is -0.751. The second-order valence-corrected chi connectivity index (χ2v) is 5.63. The Morgan fingerprint density at radius 2 is 1.95 bits per heavy atom. The summed E-state index contributed by atoms with van der Waals surface area (Å²) in [7, 11) is 0. The van der Waals surface area contributed by atoms with E-state index < -0.39 is 17.9 Å². The Labute approximate surface area is 129 Å². The van der Waals surface area contributed by atoms with Crippen molar-refractivity contribution in [1.29, 1.82) is 0 Å². The molecule has 116 valence electrons. The van der Waals surface area contributed by atoms with Gasteiger partial charge in [0.1, 0.15) is 0 Å². The molecule has 0 heterocycles. The van der Waals surface area contributed by atoms with E-state index in [4.69, 9.17) is 11.6 Å². The topological polar surface area (TPSA) is 78.4 Å². The van der Waals surface area contributed by atoms with Crippen LogP contribution in [0.15, 0.2) is 18.2 Å². The van der Waals surface area contributed by atoms with Crippen LogP contribution in [0.4, 0.5) is 5.69 Å². The number of carbonyl (C=O) groups excluding carboxylic acids is 2. The van der Waals surface area contributed by atoms with Gasteiger partial charge in [0, 0.05) is 17.3 Å². The van der Waals surface area contributed by atoms with Crippen LogP contribution in [-0.4, -0.2) is 29.6 Å². The number of nitrogens with one attached hydrogen (secondary N) is 2. The number of amides is 2. The summed E-state index contributed by atoms with van der Waals surface area (Å²) in [6.45, 7) is 5.79. The van der Waals surface area contributed by atoms with E-state index in [1.165, 1.54) is 0 Å². The highest BCUT2D eigenvalue weighted by atomic mass is 35.5. The van der Waals surface area contributed by atoms with Crippen LogP contribution in [-0.2, 0) is 9.59 Å². The first kappa shape index (κ1) is 17.5. The predicted molar refractivity (Wildman–Crippen MR) is 83.3 cm³/mol. The molecule has 0 bridgehead atoms. The molecule has 0 spiro atoms. The third kappa shape index (κ3) is 5.36. The van der Waals surface area contributed by atoms with E-state index in [1.807, 2.05) is 13.8 Å². The molecule has 0 saturated heterocycles. The molecule has 1 aromatic rings. The van der Waals surface area contributed by atoms with Gasteiger partial charge in [-0.05, 0) is 37.0 Å². The van der Waals surface area contributed by atoms with Gasteiger partial charge in [0.15, 0.2) is 0 Å². The molecule has 1 unspecified atom stereocenters. The number of rotatable bonds is 5. The van der Waals surface area contributed by atoms with Gasteiger partial charge in [-0.25, -0.2) is 0 Å². The van der Waals surface area contributed by atoms with Crippen LogP contribution < -0.4 is 10.6 Å². The minimum absolute atomic E-state index is 0.116. The maximum Gasteiger partial charge on any atom is 0.313 e. The molecule has 1 rings (SSSR count). The molecule has 2 amide bonds. The summed E-state index contributed by atoms with van der Waals surface area (Å²) >= 11 is 5.95. The third-order valence-electron chi connectivity index (χ3n) is 3.22. The Morgan fingerprint density at radius 3 is 2.57 bits per heavy atom. The first-order valence-corrected chi connectivity index (χ1v) is 7.23. The van der Waals surface area contributed by atoms with E-state index in [0.29, 0.717) is 22.7 Å². The third-order valence-corrected chi connectivity index (χ3v) is 3.63. The van der Waals surface area contributed by atoms with E-state index in [1.54, 1.807) is 25.1 Å². The highest BCUT2D eigenvalue weighted by Gasteiger charge is 2.16. The molecule has 0 fully saturated rings. The lowest BCUT2D eigenvalue weighted by Gasteiger charge is -2.14. The van der Waals surface area contributed by atoms with Gasteiger partial charge in [0.2, 0.25) is 0 Å². The van der Waals surface area contributed by atoms with Gasteiger partial charge in [0.25, 0.3) is 0 Å². The number of aliphatic hydroxyl groups is 1. The minimum Gasteiger partial charge on any atom is -0.393 e. The quantitative estimate of drug-likeness (QED) is 0.729. The van der Waals surface area contributed by atoms with Crippen molar-refractivity contribution in [2.45, 2.75) is 33.3 Å². The van der Waals surface area contributed by atoms with E-state index in [-0.39, 0.29) is 12.5 Å². The average molecular weight is 313 g/mol. The molecule has 21 heavy (non-hydrogen) atoms. The van der Waals surface area contributed by atoms with Gasteiger partial charge in [-0.2, -0.15) is 0 Å². The van der Waals surface area contributed by atoms with Crippen LogP contribution in [0.5, 0.6) is 0 Å². The Kier molecular flexibility index (Phi) is 6.65. The van der Waals surface area contributed by atoms with Crippen molar-refractivity contribution >= 4 is 29.1 Å². The fourth-order valence-corrected chi connectivity index (χ4v) is 1.84. The second kappa shape index (κ2) is 8.00. The Balaban J connectivity index is 2.48. The van der Waals surface area contributed by atoms with Crippen LogP contribution >= 0.6 is 11.6 Å².